The second kappa shape index (κ2) is 10.6. The number of carbonyl (C=O) groups excluding carboxylic acids is 1. The van der Waals surface area contributed by atoms with E-state index in [9.17, 15) is 14.0 Å². The zero-order chi connectivity index (χ0) is 21.4. The largest absolute Gasteiger partial charge is 0.355 e. The molecule has 0 unspecified atom stereocenters. The summed E-state index contributed by atoms with van der Waals surface area (Å²) in [6, 6.07) is 4.79. The molecule has 0 saturated carbocycles. The lowest BCUT2D eigenvalue weighted by Crippen LogP contribution is -2.30. The fourth-order valence-corrected chi connectivity index (χ4v) is 3.24. The van der Waals surface area contributed by atoms with E-state index in [4.69, 9.17) is 0 Å². The molecule has 0 saturated heterocycles. The number of rotatable bonds is 3. The highest BCUT2D eigenvalue weighted by atomic mass is 19.1. The van der Waals surface area contributed by atoms with E-state index in [1.54, 1.807) is 33.2 Å². The summed E-state index contributed by atoms with van der Waals surface area (Å²) in [7, 11) is 3.15. The monoisotopic (exact) mass is 389 g/mol. The van der Waals surface area contributed by atoms with Crippen LogP contribution in [0.25, 0.3) is 0 Å². The lowest BCUT2D eigenvalue weighted by molar-refractivity contribution is 0.0962. The molecule has 5 nitrogen and oxygen atoms in total. The standard InChI is InChI=1S/C18H20FN3O2.2C2H6/c1-10-7-8-14(13(19)9-10)21-16-15(17(23)20-2)11-5-4-6-12(11)18(24)22(16)3;2*1-2/h7-9,21H,4-6H2,1-3H3,(H,20,23);2*1-2H3. The molecule has 0 atom stereocenters. The first-order valence-electron chi connectivity index (χ1n) is 9.94. The Hall–Kier alpha value is -2.63. The predicted octanol–water partition coefficient (Wildman–Crippen LogP) is 4.48. The van der Waals surface area contributed by atoms with Gasteiger partial charge in [0, 0.05) is 19.7 Å². The van der Waals surface area contributed by atoms with Gasteiger partial charge in [0.1, 0.15) is 11.6 Å². The molecule has 0 bridgehead atoms. The van der Waals surface area contributed by atoms with Crippen molar-refractivity contribution < 1.29 is 9.18 Å². The Kier molecular flexibility index (Phi) is 8.89. The molecule has 28 heavy (non-hydrogen) atoms. The van der Waals surface area contributed by atoms with E-state index in [0.717, 1.165) is 17.5 Å². The van der Waals surface area contributed by atoms with E-state index in [1.165, 1.54) is 10.6 Å². The average molecular weight is 390 g/mol. The smallest absolute Gasteiger partial charge is 0.255 e. The molecule has 2 aromatic rings. The van der Waals surface area contributed by atoms with Gasteiger partial charge in [-0.3, -0.25) is 14.2 Å². The molecular weight excluding hydrogens is 357 g/mol. The Morgan fingerprint density at radius 1 is 1.11 bits per heavy atom. The quantitative estimate of drug-likeness (QED) is 0.814. The highest BCUT2D eigenvalue weighted by Gasteiger charge is 2.27. The number of aromatic nitrogens is 1. The number of aryl methyl sites for hydroxylation is 1. The van der Waals surface area contributed by atoms with Gasteiger partial charge in [0.2, 0.25) is 0 Å². The summed E-state index contributed by atoms with van der Waals surface area (Å²) in [4.78, 5) is 25.0. The van der Waals surface area contributed by atoms with Crippen molar-refractivity contribution in [3.8, 4) is 0 Å². The zero-order valence-corrected chi connectivity index (χ0v) is 18.0. The highest BCUT2D eigenvalue weighted by Crippen LogP contribution is 2.30. The third kappa shape index (κ3) is 4.61. The summed E-state index contributed by atoms with van der Waals surface area (Å²) >= 11 is 0. The molecule has 1 aromatic heterocycles. The molecule has 0 aliphatic heterocycles. The van der Waals surface area contributed by atoms with Gasteiger partial charge in [-0.15, -0.1) is 0 Å². The number of fused-ring (bicyclic) bond motifs is 1. The van der Waals surface area contributed by atoms with Gasteiger partial charge in [-0.05, 0) is 49.4 Å². The number of halogens is 1. The van der Waals surface area contributed by atoms with Gasteiger partial charge in [0.25, 0.3) is 11.5 Å². The molecule has 3 rings (SSSR count). The molecule has 154 valence electrons. The molecule has 0 radical (unpaired) electrons. The van der Waals surface area contributed by atoms with Crippen LogP contribution in [-0.2, 0) is 19.9 Å². The van der Waals surface area contributed by atoms with Gasteiger partial charge >= 0.3 is 0 Å². The number of hydrogen-bond donors (Lipinski definition) is 2. The van der Waals surface area contributed by atoms with Gasteiger partial charge in [-0.25, -0.2) is 4.39 Å². The maximum absolute atomic E-state index is 14.2. The van der Waals surface area contributed by atoms with Crippen LogP contribution in [0.1, 0.15) is 61.2 Å². The van der Waals surface area contributed by atoms with E-state index in [-0.39, 0.29) is 17.2 Å². The number of amides is 1. The second-order valence-electron chi connectivity index (χ2n) is 6.09. The maximum Gasteiger partial charge on any atom is 0.255 e. The second-order valence-corrected chi connectivity index (χ2v) is 6.09. The van der Waals surface area contributed by atoms with Gasteiger partial charge in [0.15, 0.2) is 0 Å². The van der Waals surface area contributed by atoms with E-state index in [2.05, 4.69) is 10.6 Å². The predicted molar refractivity (Wildman–Crippen MR) is 114 cm³/mol. The fourth-order valence-electron chi connectivity index (χ4n) is 3.24. The first-order chi connectivity index (χ1) is 13.4. The zero-order valence-electron chi connectivity index (χ0n) is 18.0. The van der Waals surface area contributed by atoms with Crippen molar-refractivity contribution in [2.24, 2.45) is 7.05 Å². The minimum Gasteiger partial charge on any atom is -0.355 e. The van der Waals surface area contributed by atoms with Crippen LogP contribution in [0.5, 0.6) is 0 Å². The summed E-state index contributed by atoms with van der Waals surface area (Å²) < 4.78 is 15.6. The van der Waals surface area contributed by atoms with E-state index in [1.807, 2.05) is 27.7 Å². The molecule has 1 aliphatic carbocycles. The van der Waals surface area contributed by atoms with Crippen LogP contribution in [0.15, 0.2) is 23.0 Å². The van der Waals surface area contributed by atoms with Crippen molar-refractivity contribution in [2.45, 2.75) is 53.9 Å². The Morgan fingerprint density at radius 2 is 1.71 bits per heavy atom. The Morgan fingerprint density at radius 3 is 2.29 bits per heavy atom. The number of benzene rings is 1. The summed E-state index contributed by atoms with van der Waals surface area (Å²) in [5.74, 6) is -0.382. The molecule has 1 aromatic carbocycles. The molecule has 0 fully saturated rings. The first-order valence-corrected chi connectivity index (χ1v) is 9.94. The van der Waals surface area contributed by atoms with Crippen molar-refractivity contribution in [1.29, 1.82) is 0 Å². The first kappa shape index (κ1) is 23.4. The number of hydrogen-bond acceptors (Lipinski definition) is 3. The van der Waals surface area contributed by atoms with E-state index in [0.29, 0.717) is 29.8 Å². The number of nitrogens with zero attached hydrogens (tertiary/aromatic N) is 1. The summed E-state index contributed by atoms with van der Waals surface area (Å²) in [6.45, 7) is 9.80. The molecule has 1 aliphatic rings. The van der Waals surface area contributed by atoms with Crippen molar-refractivity contribution >= 4 is 17.4 Å². The van der Waals surface area contributed by atoms with Crippen molar-refractivity contribution in [3.05, 3.63) is 56.6 Å². The third-order valence-electron chi connectivity index (χ3n) is 4.49. The minimum absolute atomic E-state index is 0.134. The Bertz CT molecular complexity index is 888. The number of carbonyl (C=O) groups is 1. The fraction of sp³-hybridized carbons (Fsp3) is 0.455. The Balaban J connectivity index is 0.000000921. The maximum atomic E-state index is 14.2. The topological polar surface area (TPSA) is 63.1 Å². The van der Waals surface area contributed by atoms with Gasteiger partial charge in [0.05, 0.1) is 11.3 Å². The van der Waals surface area contributed by atoms with Crippen LogP contribution in [0.2, 0.25) is 0 Å². The summed E-state index contributed by atoms with van der Waals surface area (Å²) in [6.07, 6.45) is 2.20. The third-order valence-corrected chi connectivity index (χ3v) is 4.49. The molecular formula is C22H32FN3O2. The number of pyridine rings is 1. The van der Waals surface area contributed by atoms with Crippen molar-refractivity contribution in [1.82, 2.24) is 9.88 Å². The van der Waals surface area contributed by atoms with Crippen molar-refractivity contribution in [3.63, 3.8) is 0 Å². The van der Waals surface area contributed by atoms with E-state index < -0.39 is 5.82 Å². The van der Waals surface area contributed by atoms with Crippen LogP contribution in [0.3, 0.4) is 0 Å². The van der Waals surface area contributed by atoms with Crippen LogP contribution < -0.4 is 16.2 Å². The van der Waals surface area contributed by atoms with Crippen LogP contribution in [0.4, 0.5) is 15.9 Å². The highest BCUT2D eigenvalue weighted by molar-refractivity contribution is 6.01. The lowest BCUT2D eigenvalue weighted by Gasteiger charge is -2.19. The Labute approximate surface area is 167 Å². The van der Waals surface area contributed by atoms with Crippen LogP contribution >= 0.6 is 0 Å². The van der Waals surface area contributed by atoms with Crippen molar-refractivity contribution in [2.75, 3.05) is 12.4 Å². The average Bonchev–Trinajstić information content (AvgIpc) is 3.20. The van der Waals surface area contributed by atoms with Gasteiger partial charge in [-0.1, -0.05) is 33.8 Å². The number of anilines is 2. The molecule has 2 N–H and O–H groups in total. The van der Waals surface area contributed by atoms with E-state index >= 15 is 0 Å². The van der Waals surface area contributed by atoms with Gasteiger partial charge < -0.3 is 10.6 Å². The minimum atomic E-state index is -0.425. The van der Waals surface area contributed by atoms with Gasteiger partial charge in [-0.2, -0.15) is 0 Å². The molecule has 1 amide bonds. The molecule has 0 spiro atoms. The normalized spacial score (nSPS) is 11.4. The molecule has 1 heterocycles. The summed E-state index contributed by atoms with van der Waals surface area (Å²) in [5.41, 5.74) is 2.78. The SMILES string of the molecule is CC.CC.CNC(=O)c1c2c(c(=O)n(C)c1Nc1ccc(C)cc1F)CCC2. The van der Waals surface area contributed by atoms with Crippen LogP contribution in [-0.4, -0.2) is 17.5 Å². The molecule has 6 heteroatoms. The summed E-state index contributed by atoms with van der Waals surface area (Å²) in [5, 5.41) is 5.57. The number of nitrogens with one attached hydrogen (secondary N) is 2. The lowest BCUT2D eigenvalue weighted by atomic mass is 10.0. The van der Waals surface area contributed by atoms with Crippen LogP contribution in [0, 0.1) is 12.7 Å².